The molecule has 1 aliphatic rings. The Bertz CT molecular complexity index is 713. The van der Waals surface area contributed by atoms with Gasteiger partial charge in [0.15, 0.2) is 5.16 Å². The predicted octanol–water partition coefficient (Wildman–Crippen LogP) is 1.59. The van der Waals surface area contributed by atoms with Gasteiger partial charge in [-0.15, -0.1) is 5.10 Å². The van der Waals surface area contributed by atoms with Crippen LogP contribution in [0.25, 0.3) is 5.70 Å². The Labute approximate surface area is 125 Å². The Morgan fingerprint density at radius 1 is 1.35 bits per heavy atom. The molecule has 0 unspecified atom stereocenters. The van der Waals surface area contributed by atoms with E-state index in [1.807, 2.05) is 6.07 Å². The molecular formula is C11H11ClN4O2S2. The molecular weight excluding hydrogens is 320 g/mol. The number of primary sulfonamides is 1. The molecule has 0 spiro atoms. The van der Waals surface area contributed by atoms with E-state index in [0.29, 0.717) is 10.6 Å². The second-order valence-electron chi connectivity index (χ2n) is 3.79. The van der Waals surface area contributed by atoms with Crippen LogP contribution in [0.15, 0.2) is 52.2 Å². The Balaban J connectivity index is 2.41. The summed E-state index contributed by atoms with van der Waals surface area (Å²) in [6.07, 6.45) is 0. The zero-order chi connectivity index (χ0) is 14.9. The quantitative estimate of drug-likeness (QED) is 0.802. The van der Waals surface area contributed by atoms with Gasteiger partial charge in [-0.05, 0) is 11.8 Å². The number of hydrogen-bond donors (Lipinski definition) is 2. The third kappa shape index (κ3) is 2.98. The molecule has 106 valence electrons. The summed E-state index contributed by atoms with van der Waals surface area (Å²) in [5, 5.41) is 10.3. The molecule has 0 bridgehead atoms. The van der Waals surface area contributed by atoms with E-state index in [1.54, 1.807) is 24.3 Å². The van der Waals surface area contributed by atoms with Gasteiger partial charge in [0.1, 0.15) is 0 Å². The van der Waals surface area contributed by atoms with Crippen molar-refractivity contribution in [3.05, 3.63) is 52.7 Å². The first kappa shape index (κ1) is 14.9. The van der Waals surface area contributed by atoms with Crippen molar-refractivity contribution in [1.82, 2.24) is 5.01 Å². The van der Waals surface area contributed by atoms with Gasteiger partial charge in [0.05, 0.1) is 10.7 Å². The van der Waals surface area contributed by atoms with Crippen molar-refractivity contribution in [2.75, 3.05) is 0 Å². The van der Waals surface area contributed by atoms with Crippen molar-refractivity contribution >= 4 is 43.5 Å². The maximum atomic E-state index is 11.3. The van der Waals surface area contributed by atoms with E-state index < -0.39 is 10.0 Å². The van der Waals surface area contributed by atoms with Gasteiger partial charge < -0.3 is 5.73 Å². The fraction of sp³-hybridized carbons (Fsp3) is 0. The van der Waals surface area contributed by atoms with Gasteiger partial charge in [0.25, 0.3) is 10.0 Å². The lowest BCUT2D eigenvalue weighted by atomic mass is 10.2. The first-order valence-electron chi connectivity index (χ1n) is 5.29. The first-order chi connectivity index (χ1) is 9.30. The largest absolute Gasteiger partial charge is 0.396 e. The van der Waals surface area contributed by atoms with Crippen LogP contribution in [-0.2, 0) is 10.0 Å². The van der Waals surface area contributed by atoms with Crippen LogP contribution < -0.4 is 10.9 Å². The SMILES string of the molecule is C=C1SC(S(N)(=O)=O)=NN1/C(Cl)=C(\N)c1ccccc1. The van der Waals surface area contributed by atoms with E-state index in [0.717, 1.165) is 16.8 Å². The van der Waals surface area contributed by atoms with Crippen molar-refractivity contribution < 1.29 is 8.42 Å². The summed E-state index contributed by atoms with van der Waals surface area (Å²) in [7, 11) is -3.90. The van der Waals surface area contributed by atoms with Crippen molar-refractivity contribution in [1.29, 1.82) is 0 Å². The maximum absolute atomic E-state index is 11.3. The molecule has 1 aromatic rings. The van der Waals surface area contributed by atoms with E-state index in [-0.39, 0.29) is 15.2 Å². The highest BCUT2D eigenvalue weighted by Gasteiger charge is 2.30. The van der Waals surface area contributed by atoms with Crippen LogP contribution in [0.1, 0.15) is 5.56 Å². The molecule has 0 saturated heterocycles. The zero-order valence-electron chi connectivity index (χ0n) is 10.2. The van der Waals surface area contributed by atoms with Gasteiger partial charge in [-0.25, -0.2) is 18.6 Å². The summed E-state index contributed by atoms with van der Waals surface area (Å²) in [5.74, 6) is 0. The normalized spacial score (nSPS) is 17.0. The van der Waals surface area contributed by atoms with Crippen molar-refractivity contribution in [2.24, 2.45) is 16.0 Å². The molecule has 1 aromatic carbocycles. The number of benzene rings is 1. The molecule has 0 radical (unpaired) electrons. The van der Waals surface area contributed by atoms with Crippen LogP contribution in [0, 0.1) is 0 Å². The fourth-order valence-electron chi connectivity index (χ4n) is 1.42. The van der Waals surface area contributed by atoms with Crippen LogP contribution in [0.2, 0.25) is 0 Å². The summed E-state index contributed by atoms with van der Waals surface area (Å²) < 4.78 is 22.2. The predicted molar refractivity (Wildman–Crippen MR) is 82.5 cm³/mol. The number of thioether (sulfide) groups is 1. The molecule has 0 atom stereocenters. The second kappa shape index (κ2) is 5.49. The lowest BCUT2D eigenvalue weighted by Crippen LogP contribution is -2.19. The molecule has 9 heteroatoms. The Morgan fingerprint density at radius 2 is 1.95 bits per heavy atom. The summed E-state index contributed by atoms with van der Waals surface area (Å²) in [5.41, 5.74) is 6.89. The zero-order valence-corrected chi connectivity index (χ0v) is 12.5. The average molecular weight is 331 g/mol. The number of rotatable bonds is 2. The van der Waals surface area contributed by atoms with Gasteiger partial charge in [0, 0.05) is 5.56 Å². The molecule has 4 N–H and O–H groups in total. The summed E-state index contributed by atoms with van der Waals surface area (Å²) in [6, 6.07) is 8.99. The Hall–Kier alpha value is -1.48. The van der Waals surface area contributed by atoms with E-state index in [9.17, 15) is 8.42 Å². The van der Waals surface area contributed by atoms with Crippen molar-refractivity contribution in [2.45, 2.75) is 0 Å². The lowest BCUT2D eigenvalue weighted by molar-refractivity contribution is 0.529. The summed E-state index contributed by atoms with van der Waals surface area (Å²) in [4.78, 5) is 0. The van der Waals surface area contributed by atoms with Gasteiger partial charge in [-0.1, -0.05) is 48.5 Å². The molecule has 0 fully saturated rings. The Morgan fingerprint density at radius 3 is 2.45 bits per heavy atom. The van der Waals surface area contributed by atoms with Crippen LogP contribution in [0.4, 0.5) is 0 Å². The van der Waals surface area contributed by atoms with Gasteiger partial charge in [-0.2, -0.15) is 0 Å². The average Bonchev–Trinajstić information content (AvgIpc) is 2.80. The van der Waals surface area contributed by atoms with Gasteiger partial charge in [-0.3, -0.25) is 0 Å². The minimum Gasteiger partial charge on any atom is -0.396 e. The number of hydrogen-bond acceptors (Lipinski definition) is 6. The maximum Gasteiger partial charge on any atom is 0.263 e. The lowest BCUT2D eigenvalue weighted by Gasteiger charge is -2.15. The topological polar surface area (TPSA) is 102 Å². The first-order valence-corrected chi connectivity index (χ1v) is 8.03. The third-order valence-electron chi connectivity index (χ3n) is 2.36. The summed E-state index contributed by atoms with van der Waals surface area (Å²) >= 11 is 6.96. The van der Waals surface area contributed by atoms with Crippen LogP contribution in [-0.4, -0.2) is 17.8 Å². The summed E-state index contributed by atoms with van der Waals surface area (Å²) in [6.45, 7) is 3.68. The van der Waals surface area contributed by atoms with Gasteiger partial charge >= 0.3 is 0 Å². The molecule has 2 rings (SSSR count). The highest BCUT2D eigenvalue weighted by atomic mass is 35.5. The van der Waals surface area contributed by atoms with Crippen LogP contribution >= 0.6 is 23.4 Å². The molecule has 1 aliphatic heterocycles. The van der Waals surface area contributed by atoms with Crippen molar-refractivity contribution in [3.8, 4) is 0 Å². The fourth-order valence-corrected chi connectivity index (χ4v) is 3.21. The number of sulfonamides is 1. The standard InChI is InChI=1S/C11H11ClN4O2S2/c1-7-16(15-11(19-7)20(14,17)18)10(12)9(13)8-5-3-2-4-6-8/h2-6H,1,13H2,(H2,14,17,18)/b10-9-. The number of nitrogens with zero attached hydrogens (tertiary/aromatic N) is 2. The Kier molecular flexibility index (Phi) is 4.09. The van der Waals surface area contributed by atoms with E-state index in [2.05, 4.69) is 11.7 Å². The highest BCUT2D eigenvalue weighted by Crippen LogP contribution is 2.36. The number of nitrogens with two attached hydrogens (primary N) is 2. The van der Waals surface area contributed by atoms with E-state index in [4.69, 9.17) is 22.5 Å². The molecule has 0 aromatic heterocycles. The monoisotopic (exact) mass is 330 g/mol. The highest BCUT2D eigenvalue weighted by molar-refractivity contribution is 8.36. The molecule has 6 nitrogen and oxygen atoms in total. The van der Waals surface area contributed by atoms with Crippen molar-refractivity contribution in [3.63, 3.8) is 0 Å². The smallest absolute Gasteiger partial charge is 0.263 e. The molecule has 1 heterocycles. The van der Waals surface area contributed by atoms with Crippen LogP contribution in [0.5, 0.6) is 0 Å². The number of halogens is 1. The molecule has 0 aliphatic carbocycles. The number of hydrazone groups is 1. The molecule has 0 saturated carbocycles. The van der Waals surface area contributed by atoms with Crippen LogP contribution in [0.3, 0.4) is 0 Å². The third-order valence-corrected chi connectivity index (χ3v) is 4.90. The van der Waals surface area contributed by atoms with E-state index >= 15 is 0 Å². The molecule has 20 heavy (non-hydrogen) atoms. The minimum absolute atomic E-state index is 0.0624. The second-order valence-corrected chi connectivity index (χ2v) is 6.94. The molecule has 0 amide bonds. The van der Waals surface area contributed by atoms with E-state index in [1.165, 1.54) is 0 Å². The minimum atomic E-state index is -3.90. The van der Waals surface area contributed by atoms with Gasteiger partial charge in [0.2, 0.25) is 4.38 Å².